The second kappa shape index (κ2) is 8.30. The number of fused-ring (bicyclic) bond motifs is 1. The molecule has 0 atom stereocenters. The fourth-order valence-corrected chi connectivity index (χ4v) is 3.61. The number of rotatable bonds is 6. The van der Waals surface area contributed by atoms with Gasteiger partial charge in [0.05, 0.1) is 5.69 Å². The first-order chi connectivity index (χ1) is 15.3. The second-order valence-corrected chi connectivity index (χ2v) is 7.28. The van der Waals surface area contributed by atoms with E-state index in [9.17, 15) is 4.79 Å². The van der Waals surface area contributed by atoms with Gasteiger partial charge in [-0.25, -0.2) is 5.43 Å². The van der Waals surface area contributed by atoms with Crippen LogP contribution in [-0.2, 0) is 6.54 Å². The first kappa shape index (κ1) is 18.8. The molecular weight excluding hydrogens is 386 g/mol. The van der Waals surface area contributed by atoms with E-state index >= 15 is 0 Å². The first-order valence-corrected chi connectivity index (χ1v) is 10.1. The molecule has 0 aliphatic rings. The Bertz CT molecular complexity index is 1320. The van der Waals surface area contributed by atoms with Gasteiger partial charge in [-0.05, 0) is 28.8 Å². The highest BCUT2D eigenvalue weighted by atomic mass is 16.2. The summed E-state index contributed by atoms with van der Waals surface area (Å²) < 4.78 is 0. The molecule has 4 N–H and O–H groups in total. The number of carbonyl (C=O) groups is 1. The monoisotopic (exact) mass is 407 g/mol. The number of hydrazine groups is 1. The van der Waals surface area contributed by atoms with Crippen LogP contribution in [0.25, 0.3) is 33.3 Å². The van der Waals surface area contributed by atoms with Crippen LogP contribution >= 0.6 is 0 Å². The van der Waals surface area contributed by atoms with Gasteiger partial charge in [-0.1, -0.05) is 72.8 Å². The number of amides is 1. The second-order valence-electron chi connectivity index (χ2n) is 7.28. The zero-order valence-corrected chi connectivity index (χ0v) is 16.7. The standard InChI is InChI=1S/C25H21N5O/c31-25(30-27-16-20-15-26-22-9-5-4-8-21(20)22)24-14-23(28-29-24)19-12-10-18(11-13-19)17-6-2-1-3-7-17/h1-15,26-27H,16H2,(H,28,29)(H,30,31). The number of hydrogen-bond acceptors (Lipinski definition) is 3. The van der Waals surface area contributed by atoms with Crippen molar-refractivity contribution >= 4 is 16.8 Å². The zero-order chi connectivity index (χ0) is 21.0. The van der Waals surface area contributed by atoms with Gasteiger partial charge in [0, 0.05) is 29.2 Å². The quantitative estimate of drug-likeness (QED) is 0.309. The Kier molecular flexibility index (Phi) is 5.04. The average Bonchev–Trinajstić information content (AvgIpc) is 3.48. The predicted molar refractivity (Wildman–Crippen MR) is 122 cm³/mol. The fraction of sp³-hybridized carbons (Fsp3) is 0.0400. The van der Waals surface area contributed by atoms with Gasteiger partial charge < -0.3 is 4.98 Å². The fourth-order valence-electron chi connectivity index (χ4n) is 3.61. The van der Waals surface area contributed by atoms with Crippen LogP contribution in [0.2, 0.25) is 0 Å². The maximum atomic E-state index is 12.5. The van der Waals surface area contributed by atoms with E-state index in [4.69, 9.17) is 0 Å². The summed E-state index contributed by atoms with van der Waals surface area (Å²) in [7, 11) is 0. The number of carbonyl (C=O) groups excluding carboxylic acids is 1. The maximum absolute atomic E-state index is 12.5. The van der Waals surface area contributed by atoms with Gasteiger partial charge >= 0.3 is 0 Å². The molecule has 2 heterocycles. The van der Waals surface area contributed by atoms with Gasteiger partial charge in [0.1, 0.15) is 5.69 Å². The van der Waals surface area contributed by atoms with Crippen molar-refractivity contribution in [2.45, 2.75) is 6.54 Å². The number of aromatic nitrogens is 3. The number of nitrogens with zero attached hydrogens (tertiary/aromatic N) is 1. The molecule has 5 aromatic rings. The number of aromatic amines is 2. The Morgan fingerprint density at radius 1 is 0.839 bits per heavy atom. The van der Waals surface area contributed by atoms with Crippen molar-refractivity contribution in [3.63, 3.8) is 0 Å². The molecule has 5 rings (SSSR count). The van der Waals surface area contributed by atoms with E-state index < -0.39 is 0 Å². The summed E-state index contributed by atoms with van der Waals surface area (Å²) in [5.41, 5.74) is 12.2. The molecule has 0 saturated heterocycles. The Hall–Kier alpha value is -4.16. The largest absolute Gasteiger partial charge is 0.361 e. The normalized spacial score (nSPS) is 11.0. The van der Waals surface area contributed by atoms with Crippen LogP contribution in [0.15, 0.2) is 91.1 Å². The molecule has 152 valence electrons. The number of H-pyrrole nitrogens is 2. The van der Waals surface area contributed by atoms with Crippen molar-refractivity contribution < 1.29 is 4.79 Å². The van der Waals surface area contributed by atoms with Crippen LogP contribution in [-0.4, -0.2) is 21.1 Å². The van der Waals surface area contributed by atoms with Gasteiger partial charge in [0.25, 0.3) is 5.91 Å². The summed E-state index contributed by atoms with van der Waals surface area (Å²) in [5.74, 6) is -0.264. The van der Waals surface area contributed by atoms with Crippen LogP contribution in [0.5, 0.6) is 0 Å². The van der Waals surface area contributed by atoms with Crippen LogP contribution in [0.4, 0.5) is 0 Å². The molecule has 6 heteroatoms. The lowest BCUT2D eigenvalue weighted by Gasteiger charge is -2.05. The first-order valence-electron chi connectivity index (χ1n) is 10.1. The van der Waals surface area contributed by atoms with Gasteiger partial charge in [-0.2, -0.15) is 5.10 Å². The molecule has 3 aromatic carbocycles. The molecule has 0 radical (unpaired) electrons. The summed E-state index contributed by atoms with van der Waals surface area (Å²) in [4.78, 5) is 15.7. The minimum atomic E-state index is -0.264. The number of para-hydroxylation sites is 1. The molecule has 0 spiro atoms. The van der Waals surface area contributed by atoms with E-state index in [-0.39, 0.29) is 5.91 Å². The van der Waals surface area contributed by atoms with E-state index in [0.717, 1.165) is 38.9 Å². The predicted octanol–water partition coefficient (Wildman–Crippen LogP) is 4.66. The Morgan fingerprint density at radius 2 is 1.55 bits per heavy atom. The summed E-state index contributed by atoms with van der Waals surface area (Å²) >= 11 is 0. The highest BCUT2D eigenvalue weighted by Gasteiger charge is 2.11. The smallest absolute Gasteiger partial charge is 0.283 e. The molecule has 0 aliphatic carbocycles. The Balaban J connectivity index is 1.22. The highest BCUT2D eigenvalue weighted by molar-refractivity contribution is 5.93. The molecule has 0 aliphatic heterocycles. The summed E-state index contributed by atoms with van der Waals surface area (Å²) in [6.45, 7) is 0.512. The lowest BCUT2D eigenvalue weighted by Crippen LogP contribution is -2.36. The SMILES string of the molecule is O=C(NNCc1c[nH]c2ccccc12)c1cc(-c2ccc(-c3ccccc3)cc2)n[nH]1. The minimum Gasteiger partial charge on any atom is -0.361 e. The lowest BCUT2D eigenvalue weighted by atomic mass is 10.0. The summed E-state index contributed by atoms with van der Waals surface area (Å²) in [5, 5.41) is 8.24. The van der Waals surface area contributed by atoms with E-state index in [1.807, 2.05) is 54.7 Å². The van der Waals surface area contributed by atoms with Gasteiger partial charge in [-0.3, -0.25) is 15.3 Å². The van der Waals surface area contributed by atoms with E-state index in [0.29, 0.717) is 12.2 Å². The third-order valence-corrected chi connectivity index (χ3v) is 5.27. The number of benzene rings is 3. The number of nitrogens with one attached hydrogen (secondary N) is 4. The van der Waals surface area contributed by atoms with Gasteiger partial charge in [0.15, 0.2) is 0 Å². The van der Waals surface area contributed by atoms with Crippen molar-refractivity contribution in [2.24, 2.45) is 0 Å². The third-order valence-electron chi connectivity index (χ3n) is 5.27. The van der Waals surface area contributed by atoms with E-state index in [1.165, 1.54) is 0 Å². The molecule has 6 nitrogen and oxygen atoms in total. The summed E-state index contributed by atoms with van der Waals surface area (Å²) in [6, 6.07) is 28.1. The average molecular weight is 407 g/mol. The van der Waals surface area contributed by atoms with Crippen LogP contribution in [0.1, 0.15) is 16.1 Å². The van der Waals surface area contributed by atoms with Gasteiger partial charge in [0.2, 0.25) is 0 Å². The lowest BCUT2D eigenvalue weighted by molar-refractivity contribution is 0.0927. The van der Waals surface area contributed by atoms with Crippen molar-refractivity contribution in [2.75, 3.05) is 0 Å². The van der Waals surface area contributed by atoms with Crippen LogP contribution < -0.4 is 10.9 Å². The minimum absolute atomic E-state index is 0.264. The van der Waals surface area contributed by atoms with Gasteiger partial charge in [-0.15, -0.1) is 0 Å². The molecule has 1 amide bonds. The maximum Gasteiger partial charge on any atom is 0.283 e. The van der Waals surface area contributed by atoms with E-state index in [1.54, 1.807) is 6.07 Å². The third kappa shape index (κ3) is 3.97. The summed E-state index contributed by atoms with van der Waals surface area (Å²) in [6.07, 6.45) is 1.94. The zero-order valence-electron chi connectivity index (χ0n) is 16.7. The van der Waals surface area contributed by atoms with Crippen molar-refractivity contribution in [3.05, 3.63) is 102 Å². The molecule has 0 fully saturated rings. The molecular formula is C25H21N5O. The van der Waals surface area contributed by atoms with Crippen LogP contribution in [0.3, 0.4) is 0 Å². The van der Waals surface area contributed by atoms with Crippen molar-refractivity contribution in [3.8, 4) is 22.4 Å². The van der Waals surface area contributed by atoms with Crippen molar-refractivity contribution in [1.29, 1.82) is 0 Å². The highest BCUT2D eigenvalue weighted by Crippen LogP contribution is 2.24. The Labute approximate surface area is 179 Å². The Morgan fingerprint density at radius 3 is 2.39 bits per heavy atom. The topological polar surface area (TPSA) is 85.6 Å². The molecule has 0 bridgehead atoms. The van der Waals surface area contributed by atoms with Crippen molar-refractivity contribution in [1.82, 2.24) is 26.0 Å². The molecule has 0 unspecified atom stereocenters. The van der Waals surface area contributed by atoms with Crippen LogP contribution in [0, 0.1) is 0 Å². The number of hydrogen-bond donors (Lipinski definition) is 4. The molecule has 2 aromatic heterocycles. The molecule has 31 heavy (non-hydrogen) atoms. The van der Waals surface area contributed by atoms with E-state index in [2.05, 4.69) is 56.4 Å². The molecule has 0 saturated carbocycles.